The fourth-order valence-corrected chi connectivity index (χ4v) is 2.19. The zero-order chi connectivity index (χ0) is 15.6. The summed E-state index contributed by atoms with van der Waals surface area (Å²) in [6.07, 6.45) is 0.945. The number of hydrogen-bond donors (Lipinski definition) is 0. The first kappa shape index (κ1) is 17.0. The SMILES string of the molecule is CC(C)(C)OC(=O)c1cc(CBr)cc(OS(C)(=O)=O)c1. The molecule has 1 aromatic carbocycles. The Morgan fingerprint density at radius 3 is 2.30 bits per heavy atom. The van der Waals surface area contributed by atoms with E-state index in [9.17, 15) is 13.2 Å². The van der Waals surface area contributed by atoms with Crippen LogP contribution in [0.25, 0.3) is 0 Å². The van der Waals surface area contributed by atoms with E-state index in [1.54, 1.807) is 32.9 Å². The first-order chi connectivity index (χ1) is 9.00. The van der Waals surface area contributed by atoms with Crippen molar-refractivity contribution in [1.29, 1.82) is 0 Å². The molecule has 1 aromatic rings. The Kier molecular flexibility index (Phi) is 5.21. The van der Waals surface area contributed by atoms with Crippen LogP contribution in [-0.4, -0.2) is 26.2 Å². The van der Waals surface area contributed by atoms with Crippen LogP contribution in [0.15, 0.2) is 18.2 Å². The summed E-state index contributed by atoms with van der Waals surface area (Å²) in [6, 6.07) is 4.52. The molecule has 0 radical (unpaired) electrons. The van der Waals surface area contributed by atoms with Crippen molar-refractivity contribution >= 4 is 32.0 Å². The van der Waals surface area contributed by atoms with E-state index in [0.29, 0.717) is 10.9 Å². The summed E-state index contributed by atoms with van der Waals surface area (Å²) in [5, 5.41) is 0.462. The van der Waals surface area contributed by atoms with Crippen molar-refractivity contribution in [2.75, 3.05) is 6.26 Å². The van der Waals surface area contributed by atoms with Gasteiger partial charge < -0.3 is 8.92 Å². The van der Waals surface area contributed by atoms with Crippen LogP contribution >= 0.6 is 15.9 Å². The molecule has 0 spiro atoms. The van der Waals surface area contributed by atoms with Crippen molar-refractivity contribution in [3.05, 3.63) is 29.3 Å². The molecule has 0 aliphatic rings. The lowest BCUT2D eigenvalue weighted by Gasteiger charge is -2.20. The highest BCUT2D eigenvalue weighted by Gasteiger charge is 2.19. The largest absolute Gasteiger partial charge is 0.456 e. The van der Waals surface area contributed by atoms with Gasteiger partial charge in [-0.3, -0.25) is 0 Å². The lowest BCUT2D eigenvalue weighted by Crippen LogP contribution is -2.24. The van der Waals surface area contributed by atoms with Crippen LogP contribution in [0, 0.1) is 0 Å². The van der Waals surface area contributed by atoms with Crippen molar-refractivity contribution in [3.63, 3.8) is 0 Å². The van der Waals surface area contributed by atoms with Gasteiger partial charge >= 0.3 is 16.1 Å². The van der Waals surface area contributed by atoms with Crippen LogP contribution in [0.4, 0.5) is 0 Å². The summed E-state index contributed by atoms with van der Waals surface area (Å²) in [6.45, 7) is 5.27. The lowest BCUT2D eigenvalue weighted by molar-refractivity contribution is 0.00691. The molecule has 20 heavy (non-hydrogen) atoms. The number of rotatable bonds is 4. The van der Waals surface area contributed by atoms with Gasteiger partial charge in [0.25, 0.3) is 0 Å². The van der Waals surface area contributed by atoms with Gasteiger partial charge in [-0.2, -0.15) is 8.42 Å². The van der Waals surface area contributed by atoms with Gasteiger partial charge in [0, 0.05) is 5.33 Å². The van der Waals surface area contributed by atoms with Gasteiger partial charge in [-0.05, 0) is 44.5 Å². The lowest BCUT2D eigenvalue weighted by atomic mass is 10.1. The summed E-state index contributed by atoms with van der Waals surface area (Å²) in [5.41, 5.74) is 0.335. The van der Waals surface area contributed by atoms with Gasteiger partial charge in [0.15, 0.2) is 0 Å². The molecular formula is C13H17BrO5S. The molecule has 0 aromatic heterocycles. The molecule has 7 heteroatoms. The van der Waals surface area contributed by atoms with E-state index in [1.165, 1.54) is 6.07 Å². The van der Waals surface area contributed by atoms with Crippen molar-refractivity contribution in [1.82, 2.24) is 0 Å². The minimum Gasteiger partial charge on any atom is -0.456 e. The predicted octanol–water partition coefficient (Wildman–Crippen LogP) is 2.88. The molecule has 0 fully saturated rings. The zero-order valence-corrected chi connectivity index (χ0v) is 14.2. The Labute approximate surface area is 127 Å². The average Bonchev–Trinajstić information content (AvgIpc) is 2.23. The molecule has 0 atom stereocenters. The summed E-state index contributed by atoms with van der Waals surface area (Å²) in [4.78, 5) is 12.0. The van der Waals surface area contributed by atoms with Gasteiger partial charge in [0.05, 0.1) is 11.8 Å². The fourth-order valence-electron chi connectivity index (χ4n) is 1.42. The maximum atomic E-state index is 12.0. The third-order valence-corrected chi connectivity index (χ3v) is 3.15. The number of carbonyl (C=O) groups is 1. The number of alkyl halides is 1. The topological polar surface area (TPSA) is 69.7 Å². The van der Waals surface area contributed by atoms with Crippen LogP contribution in [-0.2, 0) is 20.2 Å². The normalized spacial score (nSPS) is 12.1. The Balaban J connectivity index is 3.14. The summed E-state index contributed by atoms with van der Waals surface area (Å²) >= 11 is 3.26. The number of benzene rings is 1. The second-order valence-corrected chi connectivity index (χ2v) is 7.42. The Hall–Kier alpha value is -1.08. The van der Waals surface area contributed by atoms with Crippen LogP contribution < -0.4 is 4.18 Å². The van der Waals surface area contributed by atoms with E-state index in [-0.39, 0.29) is 11.3 Å². The van der Waals surface area contributed by atoms with Crippen LogP contribution in [0.2, 0.25) is 0 Å². The average molecular weight is 365 g/mol. The molecule has 0 saturated heterocycles. The maximum absolute atomic E-state index is 12.0. The Morgan fingerprint density at radius 1 is 1.25 bits per heavy atom. The zero-order valence-electron chi connectivity index (χ0n) is 11.8. The van der Waals surface area contributed by atoms with E-state index in [4.69, 9.17) is 8.92 Å². The standard InChI is InChI=1S/C13H17BrO5S/c1-13(2,3)18-12(15)10-5-9(8-14)6-11(7-10)19-20(4,16)17/h5-7H,8H2,1-4H3. The van der Waals surface area contributed by atoms with E-state index in [2.05, 4.69) is 15.9 Å². The molecule has 112 valence electrons. The van der Waals surface area contributed by atoms with Gasteiger partial charge in [-0.25, -0.2) is 4.79 Å². The second kappa shape index (κ2) is 6.13. The molecule has 0 heterocycles. The minimum absolute atomic E-state index is 0.0882. The molecular weight excluding hydrogens is 348 g/mol. The monoisotopic (exact) mass is 364 g/mol. The summed E-state index contributed by atoms with van der Waals surface area (Å²) in [7, 11) is -3.65. The smallest absolute Gasteiger partial charge is 0.338 e. The fraction of sp³-hybridized carbons (Fsp3) is 0.462. The molecule has 0 amide bonds. The third kappa shape index (κ3) is 5.92. The van der Waals surface area contributed by atoms with E-state index in [0.717, 1.165) is 6.26 Å². The quantitative estimate of drug-likeness (QED) is 0.466. The number of esters is 1. The van der Waals surface area contributed by atoms with Crippen molar-refractivity contribution < 1.29 is 22.1 Å². The molecule has 5 nitrogen and oxygen atoms in total. The molecule has 0 N–H and O–H groups in total. The van der Waals surface area contributed by atoms with Gasteiger partial charge in [0.1, 0.15) is 11.4 Å². The first-order valence-electron chi connectivity index (χ1n) is 5.83. The Bertz CT molecular complexity index is 602. The van der Waals surface area contributed by atoms with E-state index >= 15 is 0 Å². The van der Waals surface area contributed by atoms with E-state index in [1.807, 2.05) is 0 Å². The number of hydrogen-bond acceptors (Lipinski definition) is 5. The third-order valence-electron chi connectivity index (χ3n) is 2.00. The molecule has 0 aliphatic heterocycles. The molecule has 0 bridgehead atoms. The predicted molar refractivity (Wildman–Crippen MR) is 79.7 cm³/mol. The number of halogens is 1. The molecule has 1 rings (SSSR count). The van der Waals surface area contributed by atoms with Gasteiger partial charge in [0.2, 0.25) is 0 Å². The van der Waals surface area contributed by atoms with Crippen LogP contribution in [0.5, 0.6) is 5.75 Å². The van der Waals surface area contributed by atoms with Crippen LogP contribution in [0.1, 0.15) is 36.7 Å². The van der Waals surface area contributed by atoms with Crippen molar-refractivity contribution in [3.8, 4) is 5.75 Å². The molecule has 0 saturated carbocycles. The van der Waals surface area contributed by atoms with Gasteiger partial charge in [-0.15, -0.1) is 0 Å². The first-order valence-corrected chi connectivity index (χ1v) is 8.77. The highest BCUT2D eigenvalue weighted by atomic mass is 79.9. The number of ether oxygens (including phenoxy) is 1. The van der Waals surface area contributed by atoms with Crippen molar-refractivity contribution in [2.24, 2.45) is 0 Å². The maximum Gasteiger partial charge on any atom is 0.338 e. The minimum atomic E-state index is -3.65. The van der Waals surface area contributed by atoms with E-state index < -0.39 is 21.7 Å². The highest BCUT2D eigenvalue weighted by molar-refractivity contribution is 9.08. The molecule has 0 unspecified atom stereocenters. The highest BCUT2D eigenvalue weighted by Crippen LogP contribution is 2.22. The number of carbonyl (C=O) groups excluding carboxylic acids is 1. The molecule has 0 aliphatic carbocycles. The van der Waals surface area contributed by atoms with Crippen LogP contribution in [0.3, 0.4) is 0 Å². The Morgan fingerprint density at radius 2 is 1.85 bits per heavy atom. The summed E-state index contributed by atoms with van der Waals surface area (Å²) < 4.78 is 32.4. The summed E-state index contributed by atoms with van der Waals surface area (Å²) in [5.74, 6) is -0.441. The second-order valence-electron chi connectivity index (χ2n) is 5.29. The van der Waals surface area contributed by atoms with Gasteiger partial charge in [-0.1, -0.05) is 15.9 Å². The van der Waals surface area contributed by atoms with Crippen molar-refractivity contribution in [2.45, 2.75) is 31.7 Å².